The van der Waals surface area contributed by atoms with E-state index in [1.165, 1.54) is 18.6 Å². The Morgan fingerprint density at radius 1 is 1.04 bits per heavy atom. The Balaban J connectivity index is 1.59. The zero-order chi connectivity index (χ0) is 19.3. The summed E-state index contributed by atoms with van der Waals surface area (Å²) in [6, 6.07) is 13.8. The molecule has 0 aliphatic carbocycles. The third kappa shape index (κ3) is 4.79. The number of nitrogens with zero attached hydrogens (tertiary/aromatic N) is 2. The molecule has 0 aliphatic rings. The molecule has 0 saturated heterocycles. The van der Waals surface area contributed by atoms with Gasteiger partial charge >= 0.3 is 0 Å². The number of hydrogen-bond acceptors (Lipinski definition) is 6. The first-order chi connectivity index (χ1) is 12.9. The minimum Gasteiger partial charge on any atom is -0.369 e. The molecule has 1 heterocycles. The second-order valence-electron chi connectivity index (χ2n) is 6.08. The summed E-state index contributed by atoms with van der Waals surface area (Å²) in [5, 5.41) is 6.69. The molecular weight excluding hydrogens is 364 g/mol. The molecule has 3 aromatic rings. The first kappa shape index (κ1) is 18.8. The maximum atomic E-state index is 12.0. The van der Waals surface area contributed by atoms with Gasteiger partial charge in [0, 0.05) is 30.3 Å². The van der Waals surface area contributed by atoms with Gasteiger partial charge < -0.3 is 10.6 Å². The highest BCUT2D eigenvalue weighted by atomic mass is 32.2. The largest absolute Gasteiger partial charge is 0.369 e. The highest BCUT2D eigenvalue weighted by molar-refractivity contribution is 7.90. The van der Waals surface area contributed by atoms with Gasteiger partial charge in [-0.2, -0.15) is 0 Å². The normalized spacial score (nSPS) is 11.3. The molecule has 3 rings (SSSR count). The van der Waals surface area contributed by atoms with Crippen LogP contribution in [0.3, 0.4) is 0 Å². The van der Waals surface area contributed by atoms with Crippen molar-refractivity contribution < 1.29 is 13.2 Å². The number of sulfone groups is 1. The van der Waals surface area contributed by atoms with Crippen LogP contribution in [0.25, 0.3) is 10.9 Å². The smallest absolute Gasteiger partial charge is 0.251 e. The second kappa shape index (κ2) is 8.13. The predicted octanol–water partition coefficient (Wildman–Crippen LogP) is 2.27. The minimum atomic E-state index is -3.31. The summed E-state index contributed by atoms with van der Waals surface area (Å²) in [5.41, 5.74) is 1.29. The van der Waals surface area contributed by atoms with Crippen LogP contribution in [-0.4, -0.2) is 43.6 Å². The number of anilines is 1. The van der Waals surface area contributed by atoms with E-state index in [9.17, 15) is 13.2 Å². The number of benzene rings is 2. The van der Waals surface area contributed by atoms with Crippen molar-refractivity contribution >= 4 is 32.5 Å². The minimum absolute atomic E-state index is 0.110. The third-order valence-electron chi connectivity index (χ3n) is 4.00. The monoisotopic (exact) mass is 384 g/mol. The summed E-state index contributed by atoms with van der Waals surface area (Å²) >= 11 is 0. The molecule has 0 atom stereocenters. The van der Waals surface area contributed by atoms with Crippen LogP contribution in [0.2, 0.25) is 0 Å². The van der Waals surface area contributed by atoms with Crippen molar-refractivity contribution in [3.05, 3.63) is 60.4 Å². The quantitative estimate of drug-likeness (QED) is 0.606. The van der Waals surface area contributed by atoms with Crippen LogP contribution in [0.1, 0.15) is 16.8 Å². The second-order valence-corrected chi connectivity index (χ2v) is 8.09. The summed E-state index contributed by atoms with van der Waals surface area (Å²) in [7, 11) is -3.31. The maximum absolute atomic E-state index is 12.0. The van der Waals surface area contributed by atoms with Crippen LogP contribution in [0.4, 0.5) is 5.82 Å². The molecule has 1 amide bonds. The summed E-state index contributed by atoms with van der Waals surface area (Å²) in [6.45, 7) is 1.09. The van der Waals surface area contributed by atoms with Crippen molar-refractivity contribution in [1.82, 2.24) is 15.3 Å². The lowest BCUT2D eigenvalue weighted by Crippen LogP contribution is -2.25. The molecular formula is C19H20N4O3S. The Morgan fingerprint density at radius 2 is 1.81 bits per heavy atom. The molecule has 2 aromatic carbocycles. The van der Waals surface area contributed by atoms with E-state index >= 15 is 0 Å². The Kier molecular flexibility index (Phi) is 5.66. The topological polar surface area (TPSA) is 101 Å². The van der Waals surface area contributed by atoms with Gasteiger partial charge in [-0.3, -0.25) is 4.79 Å². The molecule has 0 spiro atoms. The molecule has 0 saturated carbocycles. The van der Waals surface area contributed by atoms with Crippen molar-refractivity contribution in [2.75, 3.05) is 24.7 Å². The van der Waals surface area contributed by atoms with Crippen molar-refractivity contribution in [3.8, 4) is 0 Å². The summed E-state index contributed by atoms with van der Waals surface area (Å²) < 4.78 is 23.5. The maximum Gasteiger partial charge on any atom is 0.251 e. The van der Waals surface area contributed by atoms with Crippen molar-refractivity contribution in [2.24, 2.45) is 0 Å². The van der Waals surface area contributed by atoms with E-state index in [0.717, 1.165) is 0 Å². The number of fused-ring (bicyclic) bond motifs is 1. The molecule has 0 aliphatic heterocycles. The van der Waals surface area contributed by atoms with E-state index < -0.39 is 9.84 Å². The van der Waals surface area contributed by atoms with E-state index in [0.29, 0.717) is 41.8 Å². The Bertz CT molecular complexity index is 1050. The van der Waals surface area contributed by atoms with Crippen LogP contribution in [0.15, 0.2) is 59.8 Å². The molecule has 27 heavy (non-hydrogen) atoms. The van der Waals surface area contributed by atoms with E-state index in [-0.39, 0.29) is 10.8 Å². The Morgan fingerprint density at radius 3 is 2.56 bits per heavy atom. The molecule has 0 radical (unpaired) electrons. The van der Waals surface area contributed by atoms with E-state index in [2.05, 4.69) is 20.6 Å². The van der Waals surface area contributed by atoms with Crippen molar-refractivity contribution in [2.45, 2.75) is 11.3 Å². The fourth-order valence-electron chi connectivity index (χ4n) is 2.60. The number of amides is 1. The predicted molar refractivity (Wildman–Crippen MR) is 105 cm³/mol. The van der Waals surface area contributed by atoms with E-state index in [1.807, 2.05) is 18.2 Å². The van der Waals surface area contributed by atoms with Crippen molar-refractivity contribution in [1.29, 1.82) is 0 Å². The molecule has 1 aromatic heterocycles. The number of carbonyl (C=O) groups is 1. The van der Waals surface area contributed by atoms with Crippen LogP contribution < -0.4 is 10.6 Å². The summed E-state index contributed by atoms with van der Waals surface area (Å²) in [4.78, 5) is 20.6. The molecule has 0 unspecified atom stereocenters. The first-order valence-electron chi connectivity index (χ1n) is 8.47. The molecule has 7 nitrogen and oxygen atoms in total. The first-order valence-corrected chi connectivity index (χ1v) is 10.4. The number of nitrogens with one attached hydrogen (secondary N) is 2. The van der Waals surface area contributed by atoms with Crippen LogP contribution >= 0.6 is 0 Å². The molecule has 8 heteroatoms. The average Bonchev–Trinajstić information content (AvgIpc) is 2.67. The number of carbonyl (C=O) groups excluding carboxylic acids is 1. The standard InChI is InChI=1S/C19H20N4O3S/c1-27(25,26)15-8-9-17-16(12-15)18(23-13-22-17)20-10-5-11-21-19(24)14-6-3-2-4-7-14/h2-4,6-9,12-13H,5,10-11H2,1H3,(H,21,24)(H,20,22,23). The highest BCUT2D eigenvalue weighted by Crippen LogP contribution is 2.22. The van der Waals surface area contributed by atoms with Gasteiger partial charge in [-0.25, -0.2) is 18.4 Å². The van der Waals surface area contributed by atoms with Gasteiger partial charge in [0.05, 0.1) is 10.4 Å². The zero-order valence-corrected chi connectivity index (χ0v) is 15.7. The number of aromatic nitrogens is 2. The fourth-order valence-corrected chi connectivity index (χ4v) is 3.24. The highest BCUT2D eigenvalue weighted by Gasteiger charge is 2.11. The summed E-state index contributed by atoms with van der Waals surface area (Å²) in [6.07, 6.45) is 3.29. The lowest BCUT2D eigenvalue weighted by atomic mass is 10.2. The molecule has 2 N–H and O–H groups in total. The molecule has 140 valence electrons. The van der Waals surface area contributed by atoms with Crippen LogP contribution in [-0.2, 0) is 9.84 Å². The van der Waals surface area contributed by atoms with E-state index in [4.69, 9.17) is 0 Å². The number of rotatable bonds is 7. The molecule has 0 fully saturated rings. The lowest BCUT2D eigenvalue weighted by molar-refractivity contribution is 0.0953. The van der Waals surface area contributed by atoms with Crippen LogP contribution in [0, 0.1) is 0 Å². The lowest BCUT2D eigenvalue weighted by Gasteiger charge is -2.10. The zero-order valence-electron chi connectivity index (χ0n) is 14.8. The van der Waals surface area contributed by atoms with Gasteiger partial charge in [0.2, 0.25) is 0 Å². The van der Waals surface area contributed by atoms with Gasteiger partial charge in [0.15, 0.2) is 9.84 Å². The van der Waals surface area contributed by atoms with Crippen LogP contribution in [0.5, 0.6) is 0 Å². The third-order valence-corrected chi connectivity index (χ3v) is 5.11. The Hall–Kier alpha value is -3.00. The fraction of sp³-hybridized carbons (Fsp3) is 0.211. The van der Waals surface area contributed by atoms with Gasteiger partial charge in [-0.15, -0.1) is 0 Å². The molecule has 0 bridgehead atoms. The van der Waals surface area contributed by atoms with E-state index in [1.54, 1.807) is 24.3 Å². The van der Waals surface area contributed by atoms with Crippen molar-refractivity contribution in [3.63, 3.8) is 0 Å². The van der Waals surface area contributed by atoms with Gasteiger partial charge in [0.25, 0.3) is 5.91 Å². The van der Waals surface area contributed by atoms with Gasteiger partial charge in [-0.05, 0) is 36.8 Å². The van der Waals surface area contributed by atoms with Gasteiger partial charge in [-0.1, -0.05) is 18.2 Å². The average molecular weight is 384 g/mol. The summed E-state index contributed by atoms with van der Waals surface area (Å²) in [5.74, 6) is 0.459. The number of hydrogen-bond donors (Lipinski definition) is 2. The Labute approximate surface area is 157 Å². The van der Waals surface area contributed by atoms with Gasteiger partial charge in [0.1, 0.15) is 12.1 Å². The SMILES string of the molecule is CS(=O)(=O)c1ccc2ncnc(NCCCNC(=O)c3ccccc3)c2c1.